The third kappa shape index (κ3) is 4.53. The second kappa shape index (κ2) is 8.68. The molecule has 1 aliphatic rings. The van der Waals surface area contributed by atoms with Crippen molar-refractivity contribution in [1.82, 2.24) is 0 Å². The Morgan fingerprint density at radius 2 is 1.70 bits per heavy atom. The molecule has 10 heteroatoms. The molecule has 33 heavy (non-hydrogen) atoms. The van der Waals surface area contributed by atoms with Gasteiger partial charge in [-0.25, -0.2) is 21.2 Å². The lowest BCUT2D eigenvalue weighted by Gasteiger charge is -2.31. The highest BCUT2D eigenvalue weighted by molar-refractivity contribution is 7.93. The normalized spacial score (nSPS) is 14.0. The minimum absolute atomic E-state index is 0.00642. The first-order chi connectivity index (χ1) is 15.6. The molecule has 3 aromatic carbocycles. The number of anilines is 2. The number of nitrogens with one attached hydrogen (secondary N) is 1. The maximum absolute atomic E-state index is 13.3. The van der Waals surface area contributed by atoms with Crippen molar-refractivity contribution in [3.63, 3.8) is 0 Å². The highest BCUT2D eigenvalue weighted by Crippen LogP contribution is 2.35. The first-order valence-electron chi connectivity index (χ1n) is 10.2. The summed E-state index contributed by atoms with van der Waals surface area (Å²) < 4.78 is 74.6. The molecule has 0 saturated carbocycles. The Balaban J connectivity index is 1.67. The molecule has 0 unspecified atom stereocenters. The van der Waals surface area contributed by atoms with Gasteiger partial charge in [-0.2, -0.15) is 0 Å². The van der Waals surface area contributed by atoms with Gasteiger partial charge in [0.1, 0.15) is 16.5 Å². The maximum Gasteiger partial charge on any atom is 0.265 e. The number of methoxy groups -OCH3 is 1. The zero-order chi connectivity index (χ0) is 23.8. The molecule has 0 saturated heterocycles. The predicted octanol–water partition coefficient (Wildman–Crippen LogP) is 4.09. The molecule has 4 rings (SSSR count). The Bertz CT molecular complexity index is 1410. The van der Waals surface area contributed by atoms with Crippen LogP contribution in [-0.2, 0) is 26.5 Å². The molecule has 0 fully saturated rings. The van der Waals surface area contributed by atoms with Gasteiger partial charge in [0.15, 0.2) is 0 Å². The van der Waals surface area contributed by atoms with E-state index in [1.54, 1.807) is 31.2 Å². The van der Waals surface area contributed by atoms with Crippen molar-refractivity contribution in [3.05, 3.63) is 77.6 Å². The van der Waals surface area contributed by atoms with Crippen molar-refractivity contribution in [3.8, 4) is 5.75 Å². The number of nitrogens with zero attached hydrogens (tertiary/aromatic N) is 1. The van der Waals surface area contributed by atoms with E-state index in [4.69, 9.17) is 4.74 Å². The number of benzene rings is 3. The second-order valence-corrected chi connectivity index (χ2v) is 11.3. The lowest BCUT2D eigenvalue weighted by Crippen LogP contribution is -2.35. The lowest BCUT2D eigenvalue weighted by molar-refractivity contribution is 0.402. The largest absolute Gasteiger partial charge is 0.495 e. The zero-order valence-electron chi connectivity index (χ0n) is 18.1. The third-order valence-electron chi connectivity index (χ3n) is 5.42. The number of rotatable bonds is 6. The predicted molar refractivity (Wildman–Crippen MR) is 124 cm³/mol. The standard InChI is InChI=1S/C23H23FN2O5S2/c1-16-5-12-22(31-2)23(14-16)32(27,28)25-19-8-11-21-17(15-19)4-3-13-26(21)33(29,30)20-9-6-18(24)7-10-20/h5-12,14-15,25H,3-4,13H2,1-2H3. The maximum atomic E-state index is 13.3. The van der Waals surface area contributed by atoms with Crippen LogP contribution in [0.15, 0.2) is 70.5 Å². The molecule has 7 nitrogen and oxygen atoms in total. The summed E-state index contributed by atoms with van der Waals surface area (Å²) in [5.41, 5.74) is 2.26. The summed E-state index contributed by atoms with van der Waals surface area (Å²) in [4.78, 5) is 0.0105. The summed E-state index contributed by atoms with van der Waals surface area (Å²) in [5, 5.41) is 0. The minimum atomic E-state index is -3.94. The van der Waals surface area contributed by atoms with E-state index in [0.29, 0.717) is 29.8 Å². The van der Waals surface area contributed by atoms with E-state index in [9.17, 15) is 21.2 Å². The van der Waals surface area contributed by atoms with E-state index < -0.39 is 25.9 Å². The molecule has 0 aromatic heterocycles. The first kappa shape index (κ1) is 23.1. The van der Waals surface area contributed by atoms with E-state index in [2.05, 4.69) is 4.72 Å². The van der Waals surface area contributed by atoms with Gasteiger partial charge in [-0.3, -0.25) is 9.03 Å². The summed E-state index contributed by atoms with van der Waals surface area (Å²) >= 11 is 0. The van der Waals surface area contributed by atoms with Gasteiger partial charge in [-0.05, 0) is 85.5 Å². The van der Waals surface area contributed by atoms with E-state index in [-0.39, 0.29) is 22.1 Å². The molecule has 0 aliphatic carbocycles. The van der Waals surface area contributed by atoms with Crippen LogP contribution in [0.1, 0.15) is 17.5 Å². The molecule has 0 atom stereocenters. The average molecular weight is 491 g/mol. The Kier molecular flexibility index (Phi) is 6.06. The van der Waals surface area contributed by atoms with Crippen molar-refractivity contribution >= 4 is 31.4 Å². The summed E-state index contributed by atoms with van der Waals surface area (Å²) in [7, 11) is -6.42. The summed E-state index contributed by atoms with van der Waals surface area (Å²) in [5.74, 6) is -0.294. The van der Waals surface area contributed by atoms with Crippen molar-refractivity contribution in [2.24, 2.45) is 0 Å². The van der Waals surface area contributed by atoms with Gasteiger partial charge < -0.3 is 4.74 Å². The molecule has 174 valence electrons. The van der Waals surface area contributed by atoms with Crippen LogP contribution in [0.2, 0.25) is 0 Å². The average Bonchev–Trinajstić information content (AvgIpc) is 2.78. The molecular weight excluding hydrogens is 467 g/mol. The fourth-order valence-electron chi connectivity index (χ4n) is 3.81. The molecule has 3 aromatic rings. The zero-order valence-corrected chi connectivity index (χ0v) is 19.7. The topological polar surface area (TPSA) is 92.8 Å². The summed E-state index contributed by atoms with van der Waals surface area (Å²) in [6, 6.07) is 14.3. The molecule has 1 N–H and O–H groups in total. The number of ether oxygens (including phenoxy) is 1. The van der Waals surface area contributed by atoms with Crippen LogP contribution < -0.4 is 13.8 Å². The smallest absolute Gasteiger partial charge is 0.265 e. The van der Waals surface area contributed by atoms with E-state index in [0.717, 1.165) is 17.7 Å². The highest BCUT2D eigenvalue weighted by atomic mass is 32.2. The van der Waals surface area contributed by atoms with E-state index in [1.807, 2.05) is 0 Å². The number of halogens is 1. The number of sulfonamides is 2. The molecular formula is C23H23FN2O5S2. The number of fused-ring (bicyclic) bond motifs is 1. The monoisotopic (exact) mass is 490 g/mol. The Labute approximate surface area is 192 Å². The summed E-state index contributed by atoms with van der Waals surface area (Å²) in [6.45, 7) is 2.06. The molecule has 0 radical (unpaired) electrons. The van der Waals surface area contributed by atoms with Gasteiger partial charge in [0.05, 0.1) is 17.7 Å². The van der Waals surface area contributed by atoms with Crippen molar-refractivity contribution in [1.29, 1.82) is 0 Å². The fourth-order valence-corrected chi connectivity index (χ4v) is 6.66. The molecule has 0 amide bonds. The van der Waals surface area contributed by atoms with E-state index >= 15 is 0 Å². The van der Waals surface area contributed by atoms with Crippen LogP contribution in [0.5, 0.6) is 5.75 Å². The van der Waals surface area contributed by atoms with Crippen LogP contribution in [0.4, 0.5) is 15.8 Å². The van der Waals surface area contributed by atoms with Gasteiger partial charge in [-0.1, -0.05) is 6.07 Å². The van der Waals surface area contributed by atoms with Crippen LogP contribution >= 0.6 is 0 Å². The van der Waals surface area contributed by atoms with Crippen molar-refractivity contribution in [2.45, 2.75) is 29.6 Å². The van der Waals surface area contributed by atoms with Gasteiger partial charge >= 0.3 is 0 Å². The lowest BCUT2D eigenvalue weighted by atomic mass is 10.0. The molecule has 1 aliphatic heterocycles. The quantitative estimate of drug-likeness (QED) is 0.562. The first-order valence-corrected chi connectivity index (χ1v) is 13.1. The Morgan fingerprint density at radius 1 is 0.970 bits per heavy atom. The van der Waals surface area contributed by atoms with Gasteiger partial charge in [0.25, 0.3) is 20.0 Å². The van der Waals surface area contributed by atoms with Crippen LogP contribution in [0.3, 0.4) is 0 Å². The third-order valence-corrected chi connectivity index (χ3v) is 8.65. The molecule has 0 spiro atoms. The number of hydrogen-bond donors (Lipinski definition) is 1. The van der Waals surface area contributed by atoms with Gasteiger partial charge in [-0.15, -0.1) is 0 Å². The van der Waals surface area contributed by atoms with Gasteiger partial charge in [0, 0.05) is 12.2 Å². The highest BCUT2D eigenvalue weighted by Gasteiger charge is 2.30. The minimum Gasteiger partial charge on any atom is -0.495 e. The number of aryl methyl sites for hydroxylation is 2. The molecule has 1 heterocycles. The van der Waals surface area contributed by atoms with Crippen LogP contribution in [-0.4, -0.2) is 30.5 Å². The van der Waals surface area contributed by atoms with E-state index in [1.165, 1.54) is 35.7 Å². The van der Waals surface area contributed by atoms with Crippen molar-refractivity contribution in [2.75, 3.05) is 22.7 Å². The molecule has 0 bridgehead atoms. The van der Waals surface area contributed by atoms with Crippen LogP contribution in [0.25, 0.3) is 0 Å². The Hall–Kier alpha value is -3.11. The van der Waals surface area contributed by atoms with Crippen molar-refractivity contribution < 1.29 is 26.0 Å². The number of hydrogen-bond acceptors (Lipinski definition) is 5. The Morgan fingerprint density at radius 3 is 2.39 bits per heavy atom. The van der Waals surface area contributed by atoms with Gasteiger partial charge in [0.2, 0.25) is 0 Å². The fraction of sp³-hybridized carbons (Fsp3) is 0.217. The van der Waals surface area contributed by atoms with Crippen LogP contribution in [0, 0.1) is 12.7 Å². The summed E-state index contributed by atoms with van der Waals surface area (Å²) in [6.07, 6.45) is 1.16. The SMILES string of the molecule is COc1ccc(C)cc1S(=O)(=O)Nc1ccc2c(c1)CCCN2S(=O)(=O)c1ccc(F)cc1. The second-order valence-electron chi connectivity index (χ2n) is 7.74.